The van der Waals surface area contributed by atoms with Crippen molar-refractivity contribution in [2.75, 3.05) is 26.9 Å². The summed E-state index contributed by atoms with van der Waals surface area (Å²) in [5.74, 6) is -0.562. The molecule has 0 spiro atoms. The van der Waals surface area contributed by atoms with Gasteiger partial charge in [0, 0.05) is 23.6 Å². The van der Waals surface area contributed by atoms with Gasteiger partial charge in [-0.2, -0.15) is 0 Å². The zero-order valence-electron chi connectivity index (χ0n) is 19.7. The fourth-order valence-corrected chi connectivity index (χ4v) is 4.19. The molecular formula is C25H28N2O6S. The lowest BCUT2D eigenvalue weighted by Crippen LogP contribution is -2.28. The average molecular weight is 485 g/mol. The van der Waals surface area contributed by atoms with Crippen LogP contribution in [0.2, 0.25) is 0 Å². The van der Waals surface area contributed by atoms with E-state index in [1.165, 1.54) is 24.6 Å². The van der Waals surface area contributed by atoms with Crippen LogP contribution in [0, 0.1) is 5.92 Å². The number of pyridine rings is 1. The number of esters is 1. The number of rotatable bonds is 12. The minimum absolute atomic E-state index is 0.0828. The Morgan fingerprint density at radius 3 is 2.38 bits per heavy atom. The number of ether oxygens (including phenoxy) is 4. The number of carbonyl (C=O) groups excluding carboxylic acids is 2. The van der Waals surface area contributed by atoms with Gasteiger partial charge in [0.2, 0.25) is 0 Å². The van der Waals surface area contributed by atoms with Crippen LogP contribution < -0.4 is 14.2 Å². The van der Waals surface area contributed by atoms with Crippen molar-refractivity contribution >= 4 is 23.1 Å². The molecule has 0 aliphatic rings. The van der Waals surface area contributed by atoms with Gasteiger partial charge in [0.1, 0.15) is 22.4 Å². The molecule has 0 saturated heterocycles. The number of ketones is 1. The van der Waals surface area contributed by atoms with E-state index in [2.05, 4.69) is 9.97 Å². The lowest BCUT2D eigenvalue weighted by Gasteiger charge is -2.14. The molecule has 180 valence electrons. The van der Waals surface area contributed by atoms with Gasteiger partial charge in [-0.3, -0.25) is 9.59 Å². The number of carbonyl (C=O) groups is 2. The molecule has 9 heteroatoms. The van der Waals surface area contributed by atoms with Gasteiger partial charge in [-0.25, -0.2) is 9.97 Å². The monoisotopic (exact) mass is 484 g/mol. The van der Waals surface area contributed by atoms with Crippen molar-refractivity contribution in [1.29, 1.82) is 0 Å². The fourth-order valence-electron chi connectivity index (χ4n) is 3.36. The summed E-state index contributed by atoms with van der Waals surface area (Å²) < 4.78 is 21.8. The number of thiazole rings is 1. The van der Waals surface area contributed by atoms with Gasteiger partial charge in [0.05, 0.1) is 32.6 Å². The Labute approximate surface area is 202 Å². The van der Waals surface area contributed by atoms with Crippen molar-refractivity contribution in [3.63, 3.8) is 0 Å². The van der Waals surface area contributed by atoms with Crippen LogP contribution in [-0.4, -0.2) is 48.7 Å². The molecule has 0 aliphatic heterocycles. The zero-order valence-corrected chi connectivity index (χ0v) is 20.5. The molecule has 2 aromatic heterocycles. The van der Waals surface area contributed by atoms with Crippen molar-refractivity contribution in [2.24, 2.45) is 5.92 Å². The van der Waals surface area contributed by atoms with Crippen molar-refractivity contribution < 1.29 is 28.5 Å². The van der Waals surface area contributed by atoms with E-state index in [1.807, 2.05) is 44.4 Å². The number of methoxy groups -OCH3 is 1. The SMILES string of the molecule is CCOc1ccc(-c2nc(CC(C(=O)OC)C(=O)c3ncccc3OCC)cs2)cc1OCC. The van der Waals surface area contributed by atoms with Gasteiger partial charge in [-0.15, -0.1) is 11.3 Å². The molecule has 0 bridgehead atoms. The van der Waals surface area contributed by atoms with Crippen LogP contribution in [-0.2, 0) is 16.0 Å². The summed E-state index contributed by atoms with van der Waals surface area (Å²) in [5, 5.41) is 2.57. The van der Waals surface area contributed by atoms with E-state index in [4.69, 9.17) is 18.9 Å². The van der Waals surface area contributed by atoms with Crippen LogP contribution in [0.25, 0.3) is 10.6 Å². The van der Waals surface area contributed by atoms with Crippen molar-refractivity contribution in [1.82, 2.24) is 9.97 Å². The molecule has 0 N–H and O–H groups in total. The second-order valence-electron chi connectivity index (χ2n) is 7.10. The molecule has 0 fully saturated rings. The first-order valence-electron chi connectivity index (χ1n) is 11.1. The normalized spacial score (nSPS) is 11.5. The molecule has 0 radical (unpaired) electrons. The first-order valence-corrected chi connectivity index (χ1v) is 11.9. The lowest BCUT2D eigenvalue weighted by atomic mass is 9.95. The second-order valence-corrected chi connectivity index (χ2v) is 7.96. The van der Waals surface area contributed by atoms with E-state index in [-0.39, 0.29) is 12.1 Å². The predicted octanol–water partition coefficient (Wildman–Crippen LogP) is 4.62. The summed E-state index contributed by atoms with van der Waals surface area (Å²) in [5.41, 5.74) is 1.56. The Morgan fingerprint density at radius 2 is 1.68 bits per heavy atom. The zero-order chi connectivity index (χ0) is 24.5. The van der Waals surface area contributed by atoms with E-state index >= 15 is 0 Å². The van der Waals surface area contributed by atoms with E-state index in [0.717, 1.165) is 10.6 Å². The highest BCUT2D eigenvalue weighted by Gasteiger charge is 2.32. The van der Waals surface area contributed by atoms with Crippen LogP contribution in [0.1, 0.15) is 37.0 Å². The highest BCUT2D eigenvalue weighted by atomic mass is 32.1. The Hall–Kier alpha value is -3.46. The van der Waals surface area contributed by atoms with Crippen molar-refractivity contribution in [3.05, 3.63) is 53.3 Å². The number of nitrogens with zero attached hydrogens (tertiary/aromatic N) is 2. The van der Waals surface area contributed by atoms with E-state index in [1.54, 1.807) is 12.1 Å². The Morgan fingerprint density at radius 1 is 0.971 bits per heavy atom. The van der Waals surface area contributed by atoms with E-state index in [0.29, 0.717) is 42.8 Å². The molecule has 3 rings (SSSR count). The molecule has 1 aromatic carbocycles. The number of hydrogen-bond acceptors (Lipinski definition) is 9. The standard InChI is InChI=1S/C25H28N2O6S/c1-5-31-19-11-10-16(13-21(19)33-7-3)24-27-17(15-34-24)14-18(25(29)30-4)23(28)22-20(32-6-2)9-8-12-26-22/h8-13,15,18H,5-7,14H2,1-4H3. The van der Waals surface area contributed by atoms with Crippen molar-refractivity contribution in [2.45, 2.75) is 27.2 Å². The van der Waals surface area contributed by atoms with Crippen LogP contribution in [0.5, 0.6) is 17.2 Å². The van der Waals surface area contributed by atoms with Gasteiger partial charge in [0.25, 0.3) is 0 Å². The summed E-state index contributed by atoms with van der Waals surface area (Å²) in [6, 6.07) is 8.96. The molecule has 8 nitrogen and oxygen atoms in total. The minimum Gasteiger partial charge on any atom is -0.491 e. The largest absolute Gasteiger partial charge is 0.491 e. The summed E-state index contributed by atoms with van der Waals surface area (Å²) in [7, 11) is 1.26. The highest BCUT2D eigenvalue weighted by molar-refractivity contribution is 7.13. The Kier molecular flexibility index (Phi) is 8.98. The van der Waals surface area contributed by atoms with Crippen LogP contribution in [0.15, 0.2) is 41.9 Å². The van der Waals surface area contributed by atoms with Gasteiger partial charge in [0.15, 0.2) is 17.3 Å². The summed E-state index contributed by atoms with van der Waals surface area (Å²) >= 11 is 1.42. The third-order valence-corrected chi connectivity index (χ3v) is 5.80. The molecule has 1 atom stereocenters. The van der Waals surface area contributed by atoms with Gasteiger partial charge in [-0.05, 0) is 51.1 Å². The van der Waals surface area contributed by atoms with Crippen LogP contribution in [0.4, 0.5) is 0 Å². The van der Waals surface area contributed by atoms with Gasteiger partial charge < -0.3 is 18.9 Å². The maximum absolute atomic E-state index is 13.2. The maximum atomic E-state index is 13.2. The Balaban J connectivity index is 1.87. The first-order chi connectivity index (χ1) is 16.5. The quantitative estimate of drug-likeness (QED) is 0.209. The van der Waals surface area contributed by atoms with Gasteiger partial charge >= 0.3 is 5.97 Å². The molecule has 2 heterocycles. The number of Topliss-reactive ketones (excluding diaryl/α,β-unsaturated/α-hetero) is 1. The maximum Gasteiger partial charge on any atom is 0.317 e. The average Bonchev–Trinajstić information content (AvgIpc) is 3.32. The number of hydrogen-bond donors (Lipinski definition) is 0. The van der Waals surface area contributed by atoms with Crippen LogP contribution >= 0.6 is 11.3 Å². The smallest absolute Gasteiger partial charge is 0.317 e. The Bertz CT molecular complexity index is 1130. The second kappa shape index (κ2) is 12.1. The third kappa shape index (κ3) is 5.91. The molecule has 1 unspecified atom stereocenters. The summed E-state index contributed by atoms with van der Waals surface area (Å²) in [4.78, 5) is 34.6. The molecule has 0 aliphatic carbocycles. The predicted molar refractivity (Wildman–Crippen MR) is 129 cm³/mol. The first kappa shape index (κ1) is 25.2. The van der Waals surface area contributed by atoms with Gasteiger partial charge in [-0.1, -0.05) is 0 Å². The molecule has 0 saturated carbocycles. The minimum atomic E-state index is -1.09. The number of aromatic nitrogens is 2. The lowest BCUT2D eigenvalue weighted by molar-refractivity contribution is -0.143. The molecule has 34 heavy (non-hydrogen) atoms. The van der Waals surface area contributed by atoms with E-state index < -0.39 is 17.7 Å². The molecule has 0 amide bonds. The fraction of sp³-hybridized carbons (Fsp3) is 0.360. The molecule has 3 aromatic rings. The molecular weight excluding hydrogens is 456 g/mol. The van der Waals surface area contributed by atoms with Crippen molar-refractivity contribution in [3.8, 4) is 27.8 Å². The summed E-state index contributed by atoms with van der Waals surface area (Å²) in [6.07, 6.45) is 1.58. The van der Waals surface area contributed by atoms with Crippen LogP contribution in [0.3, 0.4) is 0 Å². The number of benzene rings is 1. The van der Waals surface area contributed by atoms with E-state index in [9.17, 15) is 9.59 Å². The summed E-state index contributed by atoms with van der Waals surface area (Å²) in [6.45, 7) is 7.05. The highest BCUT2D eigenvalue weighted by Crippen LogP contribution is 2.34. The third-order valence-electron chi connectivity index (χ3n) is 4.86. The topological polar surface area (TPSA) is 96.8 Å².